The topological polar surface area (TPSA) is 24.9 Å². The molecule has 16 heavy (non-hydrogen) atoms. The zero-order valence-electron chi connectivity index (χ0n) is 9.50. The van der Waals surface area contributed by atoms with Gasteiger partial charge in [0.15, 0.2) is 0 Å². The van der Waals surface area contributed by atoms with Gasteiger partial charge in [-0.2, -0.15) is 11.8 Å². The van der Waals surface area contributed by atoms with Crippen molar-refractivity contribution >= 4 is 33.5 Å². The van der Waals surface area contributed by atoms with Crippen LogP contribution in [0.3, 0.4) is 0 Å². The molecule has 0 radical (unpaired) electrons. The highest BCUT2D eigenvalue weighted by atomic mass is 79.9. The second-order valence-corrected chi connectivity index (χ2v) is 6.40. The van der Waals surface area contributed by atoms with Gasteiger partial charge in [0.1, 0.15) is 5.82 Å². The van der Waals surface area contributed by atoms with Gasteiger partial charge >= 0.3 is 0 Å². The molecule has 1 aromatic heterocycles. The number of nitrogens with zero attached hydrogens (tertiary/aromatic N) is 1. The molecule has 1 atom stereocenters. The lowest BCUT2D eigenvalue weighted by Crippen LogP contribution is -2.20. The Balaban J connectivity index is 1.86. The van der Waals surface area contributed by atoms with Crippen LogP contribution in [0, 0.1) is 6.92 Å². The van der Waals surface area contributed by atoms with Crippen LogP contribution in [0.5, 0.6) is 0 Å². The minimum absolute atomic E-state index is 0.763. The summed E-state index contributed by atoms with van der Waals surface area (Å²) >= 11 is 5.55. The summed E-state index contributed by atoms with van der Waals surface area (Å²) in [5.74, 6) is 2.31. The van der Waals surface area contributed by atoms with Crippen molar-refractivity contribution < 1.29 is 0 Å². The monoisotopic (exact) mass is 300 g/mol. The lowest BCUT2D eigenvalue weighted by Gasteiger charge is -2.21. The largest absolute Gasteiger partial charge is 0.369 e. The maximum absolute atomic E-state index is 4.49. The van der Waals surface area contributed by atoms with Gasteiger partial charge in [0, 0.05) is 16.3 Å². The number of nitrogens with one attached hydrogen (secondary N) is 1. The molecule has 0 saturated carbocycles. The average Bonchev–Trinajstić information content (AvgIpc) is 2.32. The number of hydrogen-bond donors (Lipinski definition) is 1. The number of anilines is 1. The Kier molecular flexibility index (Phi) is 4.53. The maximum Gasteiger partial charge on any atom is 0.126 e. The van der Waals surface area contributed by atoms with Crippen LogP contribution in [0.2, 0.25) is 0 Å². The molecule has 88 valence electrons. The van der Waals surface area contributed by atoms with Gasteiger partial charge in [-0.25, -0.2) is 4.98 Å². The van der Waals surface area contributed by atoms with E-state index in [2.05, 4.69) is 44.1 Å². The lowest BCUT2D eigenvalue weighted by atomic mass is 10.2. The summed E-state index contributed by atoms with van der Waals surface area (Å²) in [7, 11) is 0. The lowest BCUT2D eigenvalue weighted by molar-refractivity contribution is 0.677. The molecule has 2 nitrogen and oxygen atoms in total. The minimum atomic E-state index is 0.763. The van der Waals surface area contributed by atoms with Crippen molar-refractivity contribution in [3.05, 3.63) is 22.3 Å². The Labute approximate surface area is 110 Å². The van der Waals surface area contributed by atoms with E-state index in [4.69, 9.17) is 0 Å². The zero-order chi connectivity index (χ0) is 11.4. The van der Waals surface area contributed by atoms with Crippen molar-refractivity contribution in [2.24, 2.45) is 0 Å². The van der Waals surface area contributed by atoms with Crippen LogP contribution in [0.1, 0.15) is 25.0 Å². The van der Waals surface area contributed by atoms with Gasteiger partial charge in [0.2, 0.25) is 0 Å². The van der Waals surface area contributed by atoms with E-state index in [-0.39, 0.29) is 0 Å². The Bertz CT molecular complexity index is 351. The first-order chi connectivity index (χ1) is 7.75. The molecule has 1 N–H and O–H groups in total. The fourth-order valence-electron chi connectivity index (χ4n) is 1.83. The molecule has 1 unspecified atom stereocenters. The van der Waals surface area contributed by atoms with E-state index in [1.54, 1.807) is 0 Å². The molecular formula is C12H17BrN2S. The average molecular weight is 301 g/mol. The highest BCUT2D eigenvalue weighted by Gasteiger charge is 2.13. The van der Waals surface area contributed by atoms with Gasteiger partial charge in [-0.3, -0.25) is 0 Å². The second-order valence-electron chi connectivity index (χ2n) is 4.13. The van der Waals surface area contributed by atoms with Gasteiger partial charge < -0.3 is 5.32 Å². The van der Waals surface area contributed by atoms with Gasteiger partial charge in [0.25, 0.3) is 0 Å². The highest BCUT2D eigenvalue weighted by molar-refractivity contribution is 9.10. The highest BCUT2D eigenvalue weighted by Crippen LogP contribution is 2.25. The predicted molar refractivity (Wildman–Crippen MR) is 75.3 cm³/mol. The summed E-state index contributed by atoms with van der Waals surface area (Å²) in [5, 5.41) is 4.19. The number of pyridine rings is 1. The quantitative estimate of drug-likeness (QED) is 0.918. The fourth-order valence-corrected chi connectivity index (χ4v) is 3.29. The number of rotatable bonds is 3. The Morgan fingerprint density at radius 3 is 3.06 bits per heavy atom. The van der Waals surface area contributed by atoms with Crippen LogP contribution in [0.4, 0.5) is 5.82 Å². The third-order valence-electron chi connectivity index (χ3n) is 2.81. The van der Waals surface area contributed by atoms with E-state index < -0.39 is 0 Å². The summed E-state index contributed by atoms with van der Waals surface area (Å²) in [6.45, 7) is 3.06. The molecule has 1 aliphatic heterocycles. The van der Waals surface area contributed by atoms with E-state index in [9.17, 15) is 0 Å². The van der Waals surface area contributed by atoms with Gasteiger partial charge in [-0.15, -0.1) is 0 Å². The Morgan fingerprint density at radius 1 is 1.50 bits per heavy atom. The van der Waals surface area contributed by atoms with Crippen molar-refractivity contribution in [2.75, 3.05) is 17.6 Å². The molecule has 4 heteroatoms. The second kappa shape index (κ2) is 5.92. The number of halogens is 1. The molecule has 1 saturated heterocycles. The molecule has 1 aliphatic rings. The number of aryl methyl sites for hydroxylation is 1. The van der Waals surface area contributed by atoms with Gasteiger partial charge in [-0.1, -0.05) is 6.42 Å². The van der Waals surface area contributed by atoms with Crippen molar-refractivity contribution in [1.29, 1.82) is 0 Å². The summed E-state index contributed by atoms with van der Waals surface area (Å²) in [5.41, 5.74) is 1.04. The standard InChI is InChI=1S/C12H17BrN2S/c1-9-11(13)5-6-12(15-9)14-8-10-4-2-3-7-16-10/h5-6,10H,2-4,7-8H2,1H3,(H,14,15). The first-order valence-electron chi connectivity index (χ1n) is 5.74. The zero-order valence-corrected chi connectivity index (χ0v) is 11.9. The number of aromatic nitrogens is 1. The molecule has 2 heterocycles. The normalized spacial score (nSPS) is 20.8. The summed E-state index contributed by atoms with van der Waals surface area (Å²) < 4.78 is 1.07. The molecule has 1 fully saturated rings. The van der Waals surface area contributed by atoms with Crippen LogP contribution in [0.15, 0.2) is 16.6 Å². The van der Waals surface area contributed by atoms with E-state index in [0.717, 1.165) is 27.8 Å². The number of thioether (sulfide) groups is 1. The first kappa shape index (κ1) is 12.2. The van der Waals surface area contributed by atoms with Crippen LogP contribution in [-0.2, 0) is 0 Å². The number of hydrogen-bond acceptors (Lipinski definition) is 3. The van der Waals surface area contributed by atoms with E-state index in [1.807, 2.05) is 13.0 Å². The van der Waals surface area contributed by atoms with E-state index >= 15 is 0 Å². The van der Waals surface area contributed by atoms with Crippen molar-refractivity contribution in [2.45, 2.75) is 31.4 Å². The smallest absolute Gasteiger partial charge is 0.126 e. The summed E-state index contributed by atoms with van der Waals surface area (Å²) in [4.78, 5) is 4.49. The van der Waals surface area contributed by atoms with E-state index in [0.29, 0.717) is 0 Å². The fraction of sp³-hybridized carbons (Fsp3) is 0.583. The first-order valence-corrected chi connectivity index (χ1v) is 7.58. The van der Waals surface area contributed by atoms with Crippen molar-refractivity contribution in [1.82, 2.24) is 4.98 Å². The molecular weight excluding hydrogens is 284 g/mol. The van der Waals surface area contributed by atoms with Crippen LogP contribution < -0.4 is 5.32 Å². The third-order valence-corrected chi connectivity index (χ3v) is 5.04. The van der Waals surface area contributed by atoms with E-state index in [1.165, 1.54) is 25.0 Å². The molecule has 1 aromatic rings. The minimum Gasteiger partial charge on any atom is -0.369 e. The summed E-state index contributed by atoms with van der Waals surface area (Å²) in [6.07, 6.45) is 4.11. The molecule has 0 amide bonds. The van der Waals surface area contributed by atoms with Gasteiger partial charge in [0.05, 0.1) is 5.69 Å². The Hall–Kier alpha value is -0.220. The summed E-state index contributed by atoms with van der Waals surface area (Å²) in [6, 6.07) is 4.09. The predicted octanol–water partition coefficient (Wildman–Crippen LogP) is 3.85. The molecule has 0 spiro atoms. The molecule has 0 aliphatic carbocycles. The molecule has 2 rings (SSSR count). The van der Waals surface area contributed by atoms with Crippen LogP contribution in [0.25, 0.3) is 0 Å². The van der Waals surface area contributed by atoms with Crippen LogP contribution in [-0.4, -0.2) is 22.5 Å². The third kappa shape index (κ3) is 3.39. The molecule has 0 aromatic carbocycles. The Morgan fingerprint density at radius 2 is 2.38 bits per heavy atom. The molecule has 0 bridgehead atoms. The van der Waals surface area contributed by atoms with Crippen molar-refractivity contribution in [3.8, 4) is 0 Å². The van der Waals surface area contributed by atoms with Gasteiger partial charge in [-0.05, 0) is 53.6 Å². The van der Waals surface area contributed by atoms with Crippen molar-refractivity contribution in [3.63, 3.8) is 0 Å². The van der Waals surface area contributed by atoms with Crippen LogP contribution >= 0.6 is 27.7 Å². The SMILES string of the molecule is Cc1nc(NCC2CCCCS2)ccc1Br. The maximum atomic E-state index is 4.49.